The second-order valence-electron chi connectivity index (χ2n) is 9.26. The summed E-state index contributed by atoms with van der Waals surface area (Å²) in [5.74, 6) is 2.62. The first-order chi connectivity index (χ1) is 12.3. The van der Waals surface area contributed by atoms with Gasteiger partial charge in [0.25, 0.3) is 5.91 Å². The van der Waals surface area contributed by atoms with Gasteiger partial charge in [0.05, 0.1) is 5.69 Å². The molecule has 4 bridgehead atoms. The number of hydrazine groups is 1. The molecule has 5 rings (SSSR count). The molecule has 0 spiro atoms. The maximum atomic E-state index is 12.5. The molecule has 4 aliphatic rings. The van der Waals surface area contributed by atoms with E-state index in [-0.39, 0.29) is 23.1 Å². The zero-order valence-electron chi connectivity index (χ0n) is 15.9. The van der Waals surface area contributed by atoms with E-state index in [1.165, 1.54) is 38.5 Å². The van der Waals surface area contributed by atoms with Crippen molar-refractivity contribution in [3.05, 3.63) is 17.0 Å². The van der Waals surface area contributed by atoms with Gasteiger partial charge in [-0.3, -0.25) is 20.4 Å². The topological polar surface area (TPSA) is 84.2 Å². The maximum absolute atomic E-state index is 12.5. The minimum Gasteiger partial charge on any atom is -0.360 e. The Balaban J connectivity index is 1.36. The maximum Gasteiger partial charge on any atom is 0.275 e. The molecule has 4 aliphatic carbocycles. The van der Waals surface area contributed by atoms with Crippen LogP contribution in [-0.4, -0.2) is 17.0 Å². The van der Waals surface area contributed by atoms with E-state index in [9.17, 15) is 9.59 Å². The number of hydrogen-bond acceptors (Lipinski definition) is 4. The predicted octanol–water partition coefficient (Wildman–Crippen LogP) is 3.47. The second kappa shape index (κ2) is 6.39. The number of amides is 2. The molecule has 0 radical (unpaired) electrons. The Morgan fingerprint density at radius 2 is 1.69 bits per heavy atom. The standard InChI is InChI=1S/C20H29N3O3/c1-11(2)18-17(12(3)23-26-18)19(25)22-21-16(24)10-20-7-13-4-14(8-20)6-15(5-13)9-20/h11,13-15H,4-10H2,1-3H3,(H,21,24)(H,22,25). The summed E-state index contributed by atoms with van der Waals surface area (Å²) >= 11 is 0. The summed E-state index contributed by atoms with van der Waals surface area (Å²) in [4.78, 5) is 25.0. The van der Waals surface area contributed by atoms with Crippen molar-refractivity contribution >= 4 is 11.8 Å². The molecule has 0 aromatic carbocycles. The van der Waals surface area contributed by atoms with Gasteiger partial charge in [-0.05, 0) is 68.6 Å². The van der Waals surface area contributed by atoms with Crippen molar-refractivity contribution in [3.8, 4) is 0 Å². The number of hydrogen-bond donors (Lipinski definition) is 2. The van der Waals surface area contributed by atoms with Gasteiger partial charge < -0.3 is 4.52 Å². The number of carbonyl (C=O) groups is 2. The third-order valence-electron chi connectivity index (χ3n) is 6.66. The summed E-state index contributed by atoms with van der Waals surface area (Å²) < 4.78 is 5.25. The molecule has 142 valence electrons. The highest BCUT2D eigenvalue weighted by Gasteiger charge is 2.51. The third kappa shape index (κ3) is 3.14. The van der Waals surface area contributed by atoms with Crippen LogP contribution in [0.4, 0.5) is 0 Å². The quantitative estimate of drug-likeness (QED) is 0.806. The summed E-state index contributed by atoms with van der Waals surface area (Å²) in [6, 6.07) is 0. The highest BCUT2D eigenvalue weighted by Crippen LogP contribution is 2.61. The number of aromatic nitrogens is 1. The Hall–Kier alpha value is -1.85. The Kier molecular flexibility index (Phi) is 4.32. The predicted molar refractivity (Wildman–Crippen MR) is 96.2 cm³/mol. The van der Waals surface area contributed by atoms with Gasteiger partial charge in [0.15, 0.2) is 5.76 Å². The molecule has 6 nitrogen and oxygen atoms in total. The average Bonchev–Trinajstić information content (AvgIpc) is 2.93. The molecule has 1 heterocycles. The van der Waals surface area contributed by atoms with E-state index in [0.717, 1.165) is 17.8 Å². The van der Waals surface area contributed by atoms with Gasteiger partial charge in [0.2, 0.25) is 5.91 Å². The first-order valence-corrected chi connectivity index (χ1v) is 9.90. The average molecular weight is 359 g/mol. The van der Waals surface area contributed by atoms with Gasteiger partial charge in [0, 0.05) is 12.3 Å². The van der Waals surface area contributed by atoms with Crippen LogP contribution in [-0.2, 0) is 4.79 Å². The van der Waals surface area contributed by atoms with Gasteiger partial charge in [-0.25, -0.2) is 0 Å². The number of nitrogens with zero attached hydrogens (tertiary/aromatic N) is 1. The molecular formula is C20H29N3O3. The number of aryl methyl sites for hydroxylation is 1. The molecule has 0 unspecified atom stereocenters. The van der Waals surface area contributed by atoms with Crippen LogP contribution in [0.15, 0.2) is 4.52 Å². The molecule has 0 atom stereocenters. The monoisotopic (exact) mass is 359 g/mol. The molecule has 4 saturated carbocycles. The van der Waals surface area contributed by atoms with E-state index in [1.54, 1.807) is 6.92 Å². The Morgan fingerprint density at radius 3 is 2.23 bits per heavy atom. The van der Waals surface area contributed by atoms with E-state index in [4.69, 9.17) is 4.52 Å². The second-order valence-corrected chi connectivity index (χ2v) is 9.26. The minimum atomic E-state index is -0.355. The van der Waals surface area contributed by atoms with Crippen LogP contribution in [0.2, 0.25) is 0 Å². The normalized spacial score (nSPS) is 32.1. The molecule has 1 aromatic heterocycles. The van der Waals surface area contributed by atoms with E-state index in [1.807, 2.05) is 13.8 Å². The number of nitrogens with one attached hydrogen (secondary N) is 2. The molecular weight excluding hydrogens is 330 g/mol. The lowest BCUT2D eigenvalue weighted by molar-refractivity contribution is -0.130. The summed E-state index contributed by atoms with van der Waals surface area (Å²) in [7, 11) is 0. The van der Waals surface area contributed by atoms with E-state index >= 15 is 0 Å². The van der Waals surface area contributed by atoms with Crippen LogP contribution in [0.1, 0.15) is 86.5 Å². The van der Waals surface area contributed by atoms with Crippen molar-refractivity contribution in [2.75, 3.05) is 0 Å². The van der Waals surface area contributed by atoms with Crippen LogP contribution in [0.5, 0.6) is 0 Å². The van der Waals surface area contributed by atoms with Crippen LogP contribution >= 0.6 is 0 Å². The highest BCUT2D eigenvalue weighted by atomic mass is 16.5. The number of rotatable bonds is 4. The summed E-state index contributed by atoms with van der Waals surface area (Å²) in [6.45, 7) is 5.63. The van der Waals surface area contributed by atoms with Gasteiger partial charge in [0.1, 0.15) is 5.56 Å². The zero-order valence-corrected chi connectivity index (χ0v) is 15.9. The summed E-state index contributed by atoms with van der Waals surface area (Å²) in [5, 5.41) is 3.88. The van der Waals surface area contributed by atoms with E-state index < -0.39 is 0 Å². The molecule has 4 fully saturated rings. The van der Waals surface area contributed by atoms with Crippen LogP contribution < -0.4 is 10.9 Å². The van der Waals surface area contributed by atoms with Gasteiger partial charge in [-0.2, -0.15) is 0 Å². The van der Waals surface area contributed by atoms with Crippen molar-refractivity contribution < 1.29 is 14.1 Å². The molecule has 2 amide bonds. The van der Waals surface area contributed by atoms with Gasteiger partial charge in [-0.1, -0.05) is 19.0 Å². The third-order valence-corrected chi connectivity index (χ3v) is 6.66. The van der Waals surface area contributed by atoms with Gasteiger partial charge >= 0.3 is 0 Å². The fraction of sp³-hybridized carbons (Fsp3) is 0.750. The van der Waals surface area contributed by atoms with Gasteiger partial charge in [-0.15, -0.1) is 0 Å². The SMILES string of the molecule is Cc1noc(C(C)C)c1C(=O)NNC(=O)CC12CC3CC(CC(C3)C1)C2. The van der Waals surface area contributed by atoms with Crippen molar-refractivity contribution in [2.45, 2.75) is 71.6 Å². The van der Waals surface area contributed by atoms with Crippen LogP contribution in [0, 0.1) is 30.1 Å². The van der Waals surface area contributed by atoms with Crippen molar-refractivity contribution in [2.24, 2.45) is 23.2 Å². The van der Waals surface area contributed by atoms with E-state index in [0.29, 0.717) is 23.4 Å². The van der Waals surface area contributed by atoms with Crippen LogP contribution in [0.25, 0.3) is 0 Å². The Bertz CT molecular complexity index is 687. The molecule has 6 heteroatoms. The Morgan fingerprint density at radius 1 is 1.12 bits per heavy atom. The molecule has 0 aliphatic heterocycles. The molecule has 26 heavy (non-hydrogen) atoms. The molecule has 2 N–H and O–H groups in total. The first-order valence-electron chi connectivity index (χ1n) is 9.90. The van der Waals surface area contributed by atoms with Crippen molar-refractivity contribution in [1.82, 2.24) is 16.0 Å². The lowest BCUT2D eigenvalue weighted by Gasteiger charge is -2.56. The lowest BCUT2D eigenvalue weighted by Crippen LogP contribution is -2.50. The Labute approximate surface area is 154 Å². The largest absolute Gasteiger partial charge is 0.360 e. The first kappa shape index (κ1) is 17.6. The fourth-order valence-electron chi connectivity index (χ4n) is 6.14. The van der Waals surface area contributed by atoms with Crippen LogP contribution in [0.3, 0.4) is 0 Å². The lowest BCUT2D eigenvalue weighted by atomic mass is 9.49. The zero-order chi connectivity index (χ0) is 18.5. The van der Waals surface area contributed by atoms with Crippen molar-refractivity contribution in [1.29, 1.82) is 0 Å². The smallest absolute Gasteiger partial charge is 0.275 e. The molecule has 1 aromatic rings. The molecule has 0 saturated heterocycles. The fourth-order valence-corrected chi connectivity index (χ4v) is 6.14. The van der Waals surface area contributed by atoms with Crippen molar-refractivity contribution in [3.63, 3.8) is 0 Å². The van der Waals surface area contributed by atoms with E-state index in [2.05, 4.69) is 16.0 Å². The summed E-state index contributed by atoms with van der Waals surface area (Å²) in [6.07, 6.45) is 8.16. The summed E-state index contributed by atoms with van der Waals surface area (Å²) in [5.41, 5.74) is 6.33. The minimum absolute atomic E-state index is 0.0553. The number of carbonyl (C=O) groups excluding carboxylic acids is 2. The highest BCUT2D eigenvalue weighted by molar-refractivity contribution is 5.97.